The Balaban J connectivity index is 0.000000216. The Bertz CT molecular complexity index is 1670. The van der Waals surface area contributed by atoms with Crippen LogP contribution in [0.4, 0.5) is 4.39 Å². The Labute approximate surface area is 261 Å². The first-order valence-corrected chi connectivity index (χ1v) is 13.8. The molecule has 2 nitrogen and oxygen atoms in total. The number of pyridine rings is 2. The molecule has 0 aliphatic rings. The Kier molecular flexibility index (Phi) is 11.1. The van der Waals surface area contributed by atoms with Crippen molar-refractivity contribution in [2.24, 2.45) is 0 Å². The van der Waals surface area contributed by atoms with E-state index in [9.17, 15) is 4.39 Å². The quantitative estimate of drug-likeness (QED) is 0.160. The topological polar surface area (TPSA) is 25.8 Å². The smallest absolute Gasteiger partial charge is 0.0379 e. The second kappa shape index (κ2) is 15.1. The second-order valence-electron chi connectivity index (χ2n) is 10.1. The van der Waals surface area contributed by atoms with Crippen LogP contribution in [-0.2, 0) is 26.5 Å². The molecule has 4 heteroatoms. The third-order valence-electron chi connectivity index (χ3n) is 6.80. The molecule has 0 amide bonds. The van der Waals surface area contributed by atoms with Gasteiger partial charge in [-0.25, -0.2) is 0 Å². The fraction of sp³-hybridized carbons (Fsp3) is 0.105. The van der Waals surface area contributed by atoms with Gasteiger partial charge in [0.1, 0.15) is 0 Å². The molecule has 0 N–H and O–H groups in total. The maximum Gasteiger partial charge on any atom is 0.0379 e. The predicted molar refractivity (Wildman–Crippen MR) is 166 cm³/mol. The van der Waals surface area contributed by atoms with Crippen LogP contribution in [0.3, 0.4) is 0 Å². The van der Waals surface area contributed by atoms with E-state index in [4.69, 9.17) is 0 Å². The zero-order valence-electron chi connectivity index (χ0n) is 23.6. The number of hydrogen-bond acceptors (Lipinski definition) is 2. The van der Waals surface area contributed by atoms with E-state index in [0.717, 1.165) is 40.1 Å². The first kappa shape index (κ1) is 30.7. The fourth-order valence-electron chi connectivity index (χ4n) is 4.56. The van der Waals surface area contributed by atoms with Crippen LogP contribution in [-0.4, -0.2) is 9.97 Å². The molecule has 4 aromatic carbocycles. The first-order valence-electron chi connectivity index (χ1n) is 13.8. The van der Waals surface area contributed by atoms with Crippen molar-refractivity contribution in [3.05, 3.63) is 168 Å². The summed E-state index contributed by atoms with van der Waals surface area (Å²) in [6, 6.07) is 45.5. The Morgan fingerprint density at radius 1 is 0.714 bits per heavy atom. The van der Waals surface area contributed by atoms with Crippen molar-refractivity contribution in [1.82, 2.24) is 9.97 Å². The average molecular weight is 727 g/mol. The van der Waals surface area contributed by atoms with Gasteiger partial charge in [-0.05, 0) is 46.5 Å². The molecule has 0 aliphatic heterocycles. The molecular formula is C38H31FIrN2-2. The van der Waals surface area contributed by atoms with E-state index in [1.807, 2.05) is 73.1 Å². The van der Waals surface area contributed by atoms with Gasteiger partial charge in [-0.15, -0.1) is 65.7 Å². The van der Waals surface area contributed by atoms with Gasteiger partial charge in [0.25, 0.3) is 0 Å². The van der Waals surface area contributed by atoms with Gasteiger partial charge in [0, 0.05) is 43.9 Å². The van der Waals surface area contributed by atoms with Crippen molar-refractivity contribution >= 4 is 0 Å². The molecular weight excluding hydrogens is 696 g/mol. The van der Waals surface area contributed by atoms with Crippen LogP contribution in [0.25, 0.3) is 33.6 Å². The normalized spacial score (nSPS) is 10.4. The standard InChI is InChI=1S/C24H17FN.C14H14N.Ir/c25-22-13-11-20(12-14-22)24-16-21(15-18-7-3-1-4-8-18)23(17-26-24)19-9-5-2-6-10-19;1-11(2)13-8-9-15-14(10-13)12-6-4-3-5-7-12;/h1-11,13-14,16-17H,15H2;3-6,8-11H,1-2H3;/q2*-1;. The van der Waals surface area contributed by atoms with Crippen LogP contribution in [0.15, 0.2) is 134 Å². The summed E-state index contributed by atoms with van der Waals surface area (Å²) in [7, 11) is 0. The minimum absolute atomic E-state index is 0. The van der Waals surface area contributed by atoms with Crippen LogP contribution in [0.1, 0.15) is 36.5 Å². The SMILES string of the molecule is CC(C)c1ccnc(-c2[c-]cccc2)c1.Fc1c[c-]c(-c2cc(Cc3ccccc3)c(-c3ccccc3)cn2)cc1.[Ir]. The number of rotatable bonds is 6. The molecule has 0 fully saturated rings. The Morgan fingerprint density at radius 2 is 1.40 bits per heavy atom. The number of halogens is 1. The second-order valence-corrected chi connectivity index (χ2v) is 10.1. The number of aromatic nitrogens is 2. The van der Waals surface area contributed by atoms with Crippen molar-refractivity contribution in [3.63, 3.8) is 0 Å². The first-order chi connectivity index (χ1) is 20.1. The van der Waals surface area contributed by atoms with Gasteiger partial charge in [0.05, 0.1) is 0 Å². The number of benzene rings is 4. The summed E-state index contributed by atoms with van der Waals surface area (Å²) in [5.41, 5.74) is 9.64. The zero-order chi connectivity index (χ0) is 28.4. The molecule has 0 spiro atoms. The minimum atomic E-state index is -0.292. The van der Waals surface area contributed by atoms with Crippen LogP contribution in [0.2, 0.25) is 0 Å². The maximum absolute atomic E-state index is 13.2. The van der Waals surface area contributed by atoms with E-state index in [-0.39, 0.29) is 25.9 Å². The summed E-state index contributed by atoms with van der Waals surface area (Å²) in [5.74, 6) is 0.245. The Morgan fingerprint density at radius 3 is 2.07 bits per heavy atom. The van der Waals surface area contributed by atoms with Crippen LogP contribution < -0.4 is 0 Å². The molecule has 42 heavy (non-hydrogen) atoms. The van der Waals surface area contributed by atoms with E-state index < -0.39 is 0 Å². The van der Waals surface area contributed by atoms with E-state index in [1.54, 1.807) is 6.07 Å². The molecule has 2 heterocycles. The summed E-state index contributed by atoms with van der Waals surface area (Å²) in [6.07, 6.45) is 4.58. The van der Waals surface area contributed by atoms with Crippen molar-refractivity contribution < 1.29 is 24.5 Å². The van der Waals surface area contributed by atoms with Crippen molar-refractivity contribution in [3.8, 4) is 33.6 Å². The van der Waals surface area contributed by atoms with E-state index in [0.29, 0.717) is 5.92 Å². The summed E-state index contributed by atoms with van der Waals surface area (Å²) in [5, 5.41) is 0. The van der Waals surface area contributed by atoms with Gasteiger partial charge in [-0.2, -0.15) is 0 Å². The molecule has 0 atom stereocenters. The van der Waals surface area contributed by atoms with Gasteiger partial charge in [0.2, 0.25) is 0 Å². The molecule has 6 rings (SSSR count). The van der Waals surface area contributed by atoms with Crippen LogP contribution in [0, 0.1) is 17.9 Å². The summed E-state index contributed by atoms with van der Waals surface area (Å²) >= 11 is 0. The summed E-state index contributed by atoms with van der Waals surface area (Å²) < 4.78 is 13.2. The van der Waals surface area contributed by atoms with Gasteiger partial charge in [-0.1, -0.05) is 92.2 Å². The Hall–Kier alpha value is -4.24. The molecule has 2 aromatic heterocycles. The van der Waals surface area contributed by atoms with Gasteiger partial charge >= 0.3 is 0 Å². The summed E-state index contributed by atoms with van der Waals surface area (Å²) in [4.78, 5) is 8.96. The van der Waals surface area contributed by atoms with Crippen LogP contribution in [0.5, 0.6) is 0 Å². The van der Waals surface area contributed by atoms with Crippen molar-refractivity contribution in [1.29, 1.82) is 0 Å². The molecule has 6 aromatic rings. The van der Waals surface area contributed by atoms with E-state index in [2.05, 4.69) is 78.4 Å². The third-order valence-corrected chi connectivity index (χ3v) is 6.80. The molecule has 0 bridgehead atoms. The maximum atomic E-state index is 13.2. The van der Waals surface area contributed by atoms with Gasteiger partial charge < -0.3 is 9.97 Å². The molecule has 1 radical (unpaired) electrons. The fourth-order valence-corrected chi connectivity index (χ4v) is 4.56. The van der Waals surface area contributed by atoms with Gasteiger partial charge in [0.15, 0.2) is 0 Å². The number of hydrogen-bond donors (Lipinski definition) is 0. The van der Waals surface area contributed by atoms with E-state index >= 15 is 0 Å². The van der Waals surface area contributed by atoms with Crippen LogP contribution >= 0.6 is 0 Å². The van der Waals surface area contributed by atoms with Crippen molar-refractivity contribution in [2.45, 2.75) is 26.2 Å². The van der Waals surface area contributed by atoms with Gasteiger partial charge in [-0.3, -0.25) is 4.39 Å². The average Bonchev–Trinajstić information content (AvgIpc) is 3.03. The predicted octanol–water partition coefficient (Wildman–Crippen LogP) is 9.62. The van der Waals surface area contributed by atoms with E-state index in [1.165, 1.54) is 28.8 Å². The third kappa shape index (κ3) is 8.16. The molecule has 0 saturated carbocycles. The van der Waals surface area contributed by atoms with Crippen molar-refractivity contribution in [2.75, 3.05) is 0 Å². The largest absolute Gasteiger partial charge is 0.305 e. The number of nitrogens with zero attached hydrogens (tertiary/aromatic N) is 2. The molecule has 211 valence electrons. The molecule has 0 saturated heterocycles. The molecule has 0 unspecified atom stereocenters. The minimum Gasteiger partial charge on any atom is -0.305 e. The monoisotopic (exact) mass is 727 g/mol. The summed E-state index contributed by atoms with van der Waals surface area (Å²) in [6.45, 7) is 4.38. The zero-order valence-corrected chi connectivity index (χ0v) is 26.0. The molecule has 0 aliphatic carbocycles.